The highest BCUT2D eigenvalue weighted by Gasteiger charge is 2.60. The fourth-order valence-corrected chi connectivity index (χ4v) is 6.62. The molecular formula is C26H35N3O5. The highest BCUT2D eigenvalue weighted by molar-refractivity contribution is 6.06. The number of carbonyl (C=O) groups excluding carboxylic acids is 3. The molecule has 2 heterocycles. The lowest BCUT2D eigenvalue weighted by molar-refractivity contribution is -0.140. The minimum Gasteiger partial charge on any atom is -0.493 e. The summed E-state index contributed by atoms with van der Waals surface area (Å²) in [6.45, 7) is 4.50. The van der Waals surface area contributed by atoms with Crippen LogP contribution < -0.4 is 9.47 Å². The minimum atomic E-state index is -0.0115. The van der Waals surface area contributed by atoms with Gasteiger partial charge in [0, 0.05) is 38.3 Å². The van der Waals surface area contributed by atoms with Gasteiger partial charge in [-0.25, -0.2) is 0 Å². The number of ether oxygens (including phenoxy) is 2. The van der Waals surface area contributed by atoms with E-state index in [9.17, 15) is 14.4 Å². The van der Waals surface area contributed by atoms with Crippen molar-refractivity contribution >= 4 is 17.7 Å². The van der Waals surface area contributed by atoms with Crippen LogP contribution in [0.5, 0.6) is 11.5 Å². The summed E-state index contributed by atoms with van der Waals surface area (Å²) in [4.78, 5) is 44.4. The van der Waals surface area contributed by atoms with E-state index in [2.05, 4.69) is 4.90 Å². The van der Waals surface area contributed by atoms with Crippen molar-refractivity contribution in [3.8, 4) is 11.5 Å². The Labute approximate surface area is 201 Å². The number of piperazine rings is 1. The number of unbranched alkanes of at least 4 members (excludes halogenated alkanes) is 1. The van der Waals surface area contributed by atoms with Crippen molar-refractivity contribution in [2.75, 3.05) is 53.5 Å². The van der Waals surface area contributed by atoms with Gasteiger partial charge in [0.05, 0.1) is 26.1 Å². The predicted molar refractivity (Wildman–Crippen MR) is 126 cm³/mol. The highest BCUT2D eigenvalue weighted by atomic mass is 16.5. The maximum atomic E-state index is 12.9. The van der Waals surface area contributed by atoms with Crippen LogP contribution in [-0.2, 0) is 9.59 Å². The van der Waals surface area contributed by atoms with Gasteiger partial charge in [-0.1, -0.05) is 0 Å². The zero-order valence-electron chi connectivity index (χ0n) is 20.2. The van der Waals surface area contributed by atoms with Gasteiger partial charge in [0.2, 0.25) is 11.8 Å². The van der Waals surface area contributed by atoms with Crippen LogP contribution in [0.1, 0.15) is 42.5 Å². The maximum absolute atomic E-state index is 12.9. The summed E-state index contributed by atoms with van der Waals surface area (Å²) in [7, 11) is 3.14. The Morgan fingerprint density at radius 2 is 1.50 bits per heavy atom. The zero-order valence-corrected chi connectivity index (χ0v) is 20.2. The van der Waals surface area contributed by atoms with E-state index in [1.54, 1.807) is 37.3 Å². The fourth-order valence-electron chi connectivity index (χ4n) is 6.62. The van der Waals surface area contributed by atoms with Crippen molar-refractivity contribution in [1.29, 1.82) is 0 Å². The molecule has 8 heteroatoms. The average Bonchev–Trinajstić information content (AvgIpc) is 3.55. The largest absolute Gasteiger partial charge is 0.493 e. The molecule has 8 nitrogen and oxygen atoms in total. The van der Waals surface area contributed by atoms with E-state index in [-0.39, 0.29) is 29.6 Å². The lowest BCUT2D eigenvalue weighted by Gasteiger charge is -2.35. The molecule has 34 heavy (non-hydrogen) atoms. The highest BCUT2D eigenvalue weighted by Crippen LogP contribution is 2.56. The number of likely N-dealkylation sites (tertiary alicyclic amines) is 1. The molecule has 3 amide bonds. The molecule has 184 valence electrons. The van der Waals surface area contributed by atoms with Gasteiger partial charge in [0.15, 0.2) is 11.5 Å². The Kier molecular flexibility index (Phi) is 6.51. The standard InChI is InChI=1S/C26H35N3O5/c1-33-20-8-7-19(16-21(20)34-2)24(30)28-13-11-27(12-14-28)9-3-4-10-29-25(31)22-17-5-6-18(15-17)23(22)26(29)32/h7-8,16-18,22-23H,3-6,9-15H2,1-2H3/t17-,18+,22-,23+. The van der Waals surface area contributed by atoms with Crippen molar-refractivity contribution in [2.24, 2.45) is 23.7 Å². The van der Waals surface area contributed by atoms with Gasteiger partial charge in [0.25, 0.3) is 5.91 Å². The molecule has 0 spiro atoms. The first kappa shape index (κ1) is 23.1. The van der Waals surface area contributed by atoms with Crippen LogP contribution in [0.4, 0.5) is 0 Å². The molecular weight excluding hydrogens is 434 g/mol. The summed E-state index contributed by atoms with van der Waals surface area (Å²) in [5.41, 5.74) is 0.601. The summed E-state index contributed by atoms with van der Waals surface area (Å²) in [6.07, 6.45) is 5.12. The summed E-state index contributed by atoms with van der Waals surface area (Å²) in [5.74, 6) is 2.25. The van der Waals surface area contributed by atoms with Gasteiger partial charge in [-0.05, 0) is 68.7 Å². The van der Waals surface area contributed by atoms with Gasteiger partial charge < -0.3 is 14.4 Å². The molecule has 2 bridgehead atoms. The van der Waals surface area contributed by atoms with Crippen LogP contribution in [0.25, 0.3) is 0 Å². The zero-order chi connectivity index (χ0) is 23.8. The normalized spacial score (nSPS) is 28.5. The third-order valence-corrected chi connectivity index (χ3v) is 8.41. The van der Waals surface area contributed by atoms with Crippen molar-refractivity contribution in [2.45, 2.75) is 32.1 Å². The first-order valence-electron chi connectivity index (χ1n) is 12.6. The smallest absolute Gasteiger partial charge is 0.254 e. The van der Waals surface area contributed by atoms with E-state index >= 15 is 0 Å². The van der Waals surface area contributed by atoms with E-state index in [0.717, 1.165) is 51.7 Å². The van der Waals surface area contributed by atoms with Crippen molar-refractivity contribution in [3.63, 3.8) is 0 Å². The number of imide groups is 1. The number of fused-ring (bicyclic) bond motifs is 5. The molecule has 0 radical (unpaired) electrons. The van der Waals surface area contributed by atoms with E-state index in [1.807, 2.05) is 4.90 Å². The summed E-state index contributed by atoms with van der Waals surface area (Å²) < 4.78 is 10.6. The molecule has 0 N–H and O–H groups in total. The number of methoxy groups -OCH3 is 2. The van der Waals surface area contributed by atoms with E-state index in [4.69, 9.17) is 9.47 Å². The van der Waals surface area contributed by atoms with Crippen molar-refractivity contribution in [1.82, 2.24) is 14.7 Å². The number of carbonyl (C=O) groups is 3. The Bertz CT molecular complexity index is 930. The second-order valence-electron chi connectivity index (χ2n) is 10.1. The number of rotatable bonds is 8. The molecule has 5 rings (SSSR count). The minimum absolute atomic E-state index is 0.00572. The fraction of sp³-hybridized carbons (Fsp3) is 0.654. The summed E-state index contributed by atoms with van der Waals surface area (Å²) >= 11 is 0. The molecule has 4 atom stereocenters. The van der Waals surface area contributed by atoms with Crippen LogP contribution in [0.3, 0.4) is 0 Å². The number of hydrogen-bond donors (Lipinski definition) is 0. The van der Waals surface area contributed by atoms with Crippen molar-refractivity contribution < 1.29 is 23.9 Å². The summed E-state index contributed by atoms with van der Waals surface area (Å²) in [6, 6.07) is 5.26. The van der Waals surface area contributed by atoms with Crippen LogP contribution in [0.2, 0.25) is 0 Å². The van der Waals surface area contributed by atoms with Crippen LogP contribution in [0, 0.1) is 23.7 Å². The number of benzene rings is 1. The third kappa shape index (κ3) is 4.06. The molecule has 2 saturated carbocycles. The third-order valence-electron chi connectivity index (χ3n) is 8.41. The quantitative estimate of drug-likeness (QED) is 0.429. The maximum Gasteiger partial charge on any atom is 0.254 e. The molecule has 1 aromatic rings. The second-order valence-corrected chi connectivity index (χ2v) is 10.1. The Morgan fingerprint density at radius 3 is 2.12 bits per heavy atom. The number of nitrogens with zero attached hydrogens (tertiary/aromatic N) is 3. The number of amides is 3. The first-order valence-corrected chi connectivity index (χ1v) is 12.6. The molecule has 1 aromatic carbocycles. The van der Waals surface area contributed by atoms with Crippen LogP contribution in [0.15, 0.2) is 18.2 Å². The molecule has 0 unspecified atom stereocenters. The predicted octanol–water partition coefficient (Wildman–Crippen LogP) is 2.27. The lowest BCUT2D eigenvalue weighted by Crippen LogP contribution is -2.48. The lowest BCUT2D eigenvalue weighted by atomic mass is 9.81. The summed E-state index contributed by atoms with van der Waals surface area (Å²) in [5, 5.41) is 0. The van der Waals surface area contributed by atoms with Crippen LogP contribution in [-0.4, -0.2) is 85.9 Å². The van der Waals surface area contributed by atoms with Crippen LogP contribution >= 0.6 is 0 Å². The SMILES string of the molecule is COc1ccc(C(=O)N2CCN(CCCCN3C(=O)[C@@H]4[C@@H]5CC[C@@H](C5)[C@@H]4C3=O)CC2)cc1OC. The van der Waals surface area contributed by atoms with Gasteiger partial charge >= 0.3 is 0 Å². The molecule has 0 aromatic heterocycles. The molecule has 2 aliphatic carbocycles. The van der Waals surface area contributed by atoms with Gasteiger partial charge in [-0.3, -0.25) is 24.2 Å². The monoisotopic (exact) mass is 469 g/mol. The van der Waals surface area contributed by atoms with Gasteiger partial charge in [-0.15, -0.1) is 0 Å². The van der Waals surface area contributed by atoms with E-state index < -0.39 is 0 Å². The molecule has 4 fully saturated rings. The Morgan fingerprint density at radius 1 is 0.882 bits per heavy atom. The van der Waals surface area contributed by atoms with Gasteiger partial charge in [-0.2, -0.15) is 0 Å². The van der Waals surface area contributed by atoms with E-state index in [0.29, 0.717) is 48.5 Å². The molecule has 4 aliphatic rings. The Hall–Kier alpha value is -2.61. The molecule has 2 aliphatic heterocycles. The van der Waals surface area contributed by atoms with Gasteiger partial charge in [0.1, 0.15) is 0 Å². The topological polar surface area (TPSA) is 79.4 Å². The Balaban J connectivity index is 1.05. The molecule has 2 saturated heterocycles. The average molecular weight is 470 g/mol. The second kappa shape index (κ2) is 9.56. The first-order chi connectivity index (χ1) is 16.5. The van der Waals surface area contributed by atoms with Crippen molar-refractivity contribution in [3.05, 3.63) is 23.8 Å². The number of hydrogen-bond acceptors (Lipinski definition) is 6. The van der Waals surface area contributed by atoms with E-state index in [1.165, 1.54) is 0 Å².